The first-order valence-corrected chi connectivity index (χ1v) is 7.14. The number of carboxylic acid groups (broad SMARTS) is 1. The minimum atomic E-state index is -3.23. The van der Waals surface area contributed by atoms with Crippen molar-refractivity contribution in [2.24, 2.45) is 0 Å². The van der Waals surface area contributed by atoms with Gasteiger partial charge in [-0.2, -0.15) is 0 Å². The highest BCUT2D eigenvalue weighted by molar-refractivity contribution is 7.88. The number of sulfonamides is 1. The molecule has 0 aliphatic rings. The maximum atomic E-state index is 10.8. The van der Waals surface area contributed by atoms with E-state index in [4.69, 9.17) is 16.7 Å². The van der Waals surface area contributed by atoms with Gasteiger partial charge in [0.2, 0.25) is 10.0 Å². The number of aromatic nitrogens is 1. The van der Waals surface area contributed by atoms with Crippen molar-refractivity contribution in [1.82, 2.24) is 9.71 Å². The Morgan fingerprint density at radius 3 is 2.67 bits per heavy atom. The molecule has 0 aliphatic carbocycles. The van der Waals surface area contributed by atoms with Crippen molar-refractivity contribution < 1.29 is 18.3 Å². The lowest BCUT2D eigenvalue weighted by molar-refractivity contribution is 0.0696. The molecule has 0 spiro atoms. The number of nitrogens with one attached hydrogen (secondary N) is 2. The largest absolute Gasteiger partial charge is 0.478 e. The van der Waals surface area contributed by atoms with Crippen LogP contribution in [-0.4, -0.2) is 43.8 Å². The smallest absolute Gasteiger partial charge is 0.337 e. The molecule has 1 heterocycles. The van der Waals surface area contributed by atoms with E-state index in [-0.39, 0.29) is 23.7 Å². The fourth-order valence-corrected chi connectivity index (χ4v) is 1.81. The van der Waals surface area contributed by atoms with Gasteiger partial charge in [-0.15, -0.1) is 0 Å². The van der Waals surface area contributed by atoms with E-state index in [0.29, 0.717) is 5.82 Å². The number of hydrogen-bond donors (Lipinski definition) is 3. The second-order valence-electron chi connectivity index (χ2n) is 3.45. The summed E-state index contributed by atoms with van der Waals surface area (Å²) in [5.74, 6) is -0.813. The van der Waals surface area contributed by atoms with Crippen molar-refractivity contribution in [3.63, 3.8) is 0 Å². The molecule has 0 aliphatic heterocycles. The van der Waals surface area contributed by atoms with Gasteiger partial charge in [-0.3, -0.25) is 0 Å². The highest BCUT2D eigenvalue weighted by Gasteiger charge is 2.08. The summed E-state index contributed by atoms with van der Waals surface area (Å²) in [4.78, 5) is 14.5. The Hall–Kier alpha value is -1.38. The lowest BCUT2D eigenvalue weighted by Crippen LogP contribution is -2.27. The van der Waals surface area contributed by atoms with Crippen LogP contribution in [0.3, 0.4) is 0 Å². The number of hydrogen-bond acceptors (Lipinski definition) is 5. The second kappa shape index (κ2) is 5.98. The van der Waals surface area contributed by atoms with Crippen LogP contribution in [0.15, 0.2) is 12.3 Å². The summed E-state index contributed by atoms with van der Waals surface area (Å²) in [5.41, 5.74) is -0.0141. The number of carboxylic acids is 1. The van der Waals surface area contributed by atoms with Gasteiger partial charge in [0.25, 0.3) is 0 Å². The molecule has 1 aromatic heterocycles. The van der Waals surface area contributed by atoms with Crippen molar-refractivity contribution in [2.75, 3.05) is 24.7 Å². The van der Waals surface area contributed by atoms with Crippen LogP contribution < -0.4 is 10.0 Å². The lowest BCUT2D eigenvalue weighted by Gasteiger charge is -2.08. The average molecular weight is 294 g/mol. The van der Waals surface area contributed by atoms with Crippen LogP contribution in [0.1, 0.15) is 10.4 Å². The quantitative estimate of drug-likeness (QED) is 0.655. The van der Waals surface area contributed by atoms with Crippen molar-refractivity contribution in [3.05, 3.63) is 22.8 Å². The molecule has 0 saturated carbocycles. The zero-order chi connectivity index (χ0) is 13.8. The van der Waals surface area contributed by atoms with Crippen molar-refractivity contribution in [2.45, 2.75) is 0 Å². The highest BCUT2D eigenvalue weighted by Crippen LogP contribution is 2.19. The molecule has 0 bridgehead atoms. The fraction of sp³-hybridized carbons (Fsp3) is 0.333. The zero-order valence-electron chi connectivity index (χ0n) is 9.47. The van der Waals surface area contributed by atoms with Gasteiger partial charge in [0.1, 0.15) is 5.82 Å². The molecule has 1 aromatic rings. The van der Waals surface area contributed by atoms with Gasteiger partial charge in [0.05, 0.1) is 16.8 Å². The number of halogens is 1. The molecular weight excluding hydrogens is 282 g/mol. The predicted molar refractivity (Wildman–Crippen MR) is 67.5 cm³/mol. The Kier molecular flexibility index (Phi) is 4.88. The van der Waals surface area contributed by atoms with E-state index in [0.717, 1.165) is 6.26 Å². The van der Waals surface area contributed by atoms with Crippen LogP contribution in [0, 0.1) is 0 Å². The van der Waals surface area contributed by atoms with E-state index in [1.54, 1.807) is 0 Å². The topological polar surface area (TPSA) is 108 Å². The van der Waals surface area contributed by atoms with Crippen molar-refractivity contribution in [1.29, 1.82) is 0 Å². The number of nitrogens with zero attached hydrogens (tertiary/aromatic N) is 1. The maximum Gasteiger partial charge on any atom is 0.337 e. The summed E-state index contributed by atoms with van der Waals surface area (Å²) >= 11 is 5.82. The van der Waals surface area contributed by atoms with Crippen LogP contribution in [-0.2, 0) is 10.0 Å². The Morgan fingerprint density at radius 1 is 1.50 bits per heavy atom. The van der Waals surface area contributed by atoms with E-state index in [2.05, 4.69) is 15.0 Å². The summed E-state index contributed by atoms with van der Waals surface area (Å²) in [6.45, 7) is 0.462. The van der Waals surface area contributed by atoms with Crippen LogP contribution in [0.5, 0.6) is 0 Å². The Bertz CT molecular complexity index is 547. The van der Waals surface area contributed by atoms with Gasteiger partial charge >= 0.3 is 5.97 Å². The average Bonchev–Trinajstić information content (AvgIpc) is 2.24. The molecule has 0 aromatic carbocycles. The Morgan fingerprint density at radius 2 is 2.17 bits per heavy atom. The molecule has 9 heteroatoms. The highest BCUT2D eigenvalue weighted by atomic mass is 35.5. The number of pyridine rings is 1. The molecule has 0 fully saturated rings. The standard InChI is InChI=1S/C9H12ClN3O4S/c1-18(16,17)13-3-2-11-8-7(10)4-6(5-12-8)9(14)15/h4-5,13H,2-3H2,1H3,(H,11,12)(H,14,15). The lowest BCUT2D eigenvalue weighted by atomic mass is 10.3. The van der Waals surface area contributed by atoms with E-state index in [9.17, 15) is 13.2 Å². The summed E-state index contributed by atoms with van der Waals surface area (Å²) in [6.07, 6.45) is 2.22. The van der Waals surface area contributed by atoms with Crippen LogP contribution >= 0.6 is 11.6 Å². The molecular formula is C9H12ClN3O4S. The molecule has 7 nitrogen and oxygen atoms in total. The van der Waals surface area contributed by atoms with Crippen molar-refractivity contribution in [3.8, 4) is 0 Å². The summed E-state index contributed by atoms with van der Waals surface area (Å²) in [5, 5.41) is 11.7. The third-order valence-corrected chi connectivity index (χ3v) is 2.89. The zero-order valence-corrected chi connectivity index (χ0v) is 11.0. The Labute approximate surface area is 109 Å². The minimum absolute atomic E-state index is 0.0141. The Balaban J connectivity index is 2.56. The first-order chi connectivity index (χ1) is 8.29. The molecule has 0 amide bonds. The van der Waals surface area contributed by atoms with E-state index in [1.165, 1.54) is 12.3 Å². The molecule has 0 radical (unpaired) electrons. The number of aromatic carboxylic acids is 1. The fourth-order valence-electron chi connectivity index (χ4n) is 1.10. The second-order valence-corrected chi connectivity index (χ2v) is 5.69. The van der Waals surface area contributed by atoms with Gasteiger partial charge in [-0.1, -0.05) is 11.6 Å². The third kappa shape index (κ3) is 4.86. The normalized spacial score (nSPS) is 11.2. The molecule has 0 saturated heterocycles. The number of rotatable bonds is 6. The predicted octanol–water partition coefficient (Wildman–Crippen LogP) is 0.394. The van der Waals surface area contributed by atoms with Crippen LogP contribution in [0.2, 0.25) is 5.02 Å². The van der Waals surface area contributed by atoms with E-state index in [1.807, 2.05) is 0 Å². The number of anilines is 1. The minimum Gasteiger partial charge on any atom is -0.478 e. The molecule has 0 atom stereocenters. The van der Waals surface area contributed by atoms with Gasteiger partial charge in [0.15, 0.2) is 0 Å². The molecule has 3 N–H and O–H groups in total. The summed E-state index contributed by atoms with van der Waals surface area (Å²) < 4.78 is 23.9. The third-order valence-electron chi connectivity index (χ3n) is 1.87. The molecule has 18 heavy (non-hydrogen) atoms. The summed E-state index contributed by atoms with van der Waals surface area (Å²) in [6, 6.07) is 1.27. The van der Waals surface area contributed by atoms with Gasteiger partial charge in [0, 0.05) is 19.3 Å². The van der Waals surface area contributed by atoms with Crippen LogP contribution in [0.25, 0.3) is 0 Å². The number of carbonyl (C=O) groups is 1. The van der Waals surface area contributed by atoms with Gasteiger partial charge in [-0.25, -0.2) is 22.9 Å². The molecule has 1 rings (SSSR count). The maximum absolute atomic E-state index is 10.8. The summed E-state index contributed by atoms with van der Waals surface area (Å²) in [7, 11) is -3.23. The van der Waals surface area contributed by atoms with Crippen molar-refractivity contribution >= 4 is 33.4 Å². The van der Waals surface area contributed by atoms with E-state index < -0.39 is 16.0 Å². The molecule has 100 valence electrons. The van der Waals surface area contributed by atoms with E-state index >= 15 is 0 Å². The van der Waals surface area contributed by atoms with Crippen LogP contribution in [0.4, 0.5) is 5.82 Å². The molecule has 0 unspecified atom stereocenters. The first-order valence-electron chi connectivity index (χ1n) is 4.87. The first kappa shape index (κ1) is 14.7. The van der Waals surface area contributed by atoms with Gasteiger partial charge < -0.3 is 10.4 Å². The monoisotopic (exact) mass is 293 g/mol. The van der Waals surface area contributed by atoms with Gasteiger partial charge in [-0.05, 0) is 6.07 Å². The SMILES string of the molecule is CS(=O)(=O)NCCNc1ncc(C(=O)O)cc1Cl.